The van der Waals surface area contributed by atoms with Crippen molar-refractivity contribution in [2.24, 2.45) is 11.8 Å². The third-order valence-corrected chi connectivity index (χ3v) is 3.93. The number of Topliss-reactive ketones (excluding diaryl/α,β-unsaturated/α-hetero) is 1. The Morgan fingerprint density at radius 3 is 2.26 bits per heavy atom. The van der Waals surface area contributed by atoms with Crippen molar-refractivity contribution in [1.82, 2.24) is 4.98 Å². The maximum Gasteiger partial charge on any atom is 0.226 e. The fourth-order valence-electron chi connectivity index (χ4n) is 2.45. The Morgan fingerprint density at radius 1 is 1.22 bits per heavy atom. The first-order valence-electron chi connectivity index (χ1n) is 8.49. The van der Waals surface area contributed by atoms with E-state index in [4.69, 9.17) is 0 Å². The van der Waals surface area contributed by atoms with E-state index in [-0.39, 0.29) is 23.5 Å². The number of carbonyl (C=O) groups is 2. The van der Waals surface area contributed by atoms with Crippen LogP contribution in [0.4, 0.5) is 11.5 Å². The van der Waals surface area contributed by atoms with Gasteiger partial charge in [-0.3, -0.25) is 9.59 Å². The molecule has 1 aliphatic heterocycles. The smallest absolute Gasteiger partial charge is 0.226 e. The lowest BCUT2D eigenvalue weighted by Crippen LogP contribution is -2.36. The van der Waals surface area contributed by atoms with Crippen LogP contribution in [0.2, 0.25) is 0 Å². The van der Waals surface area contributed by atoms with Gasteiger partial charge in [0.05, 0.1) is 11.9 Å². The van der Waals surface area contributed by atoms with Crippen LogP contribution in [-0.2, 0) is 9.59 Å². The summed E-state index contributed by atoms with van der Waals surface area (Å²) in [7, 11) is 0. The van der Waals surface area contributed by atoms with Gasteiger partial charge in [-0.1, -0.05) is 27.7 Å². The molecule has 0 aliphatic carbocycles. The molecule has 5 heteroatoms. The molecule has 1 saturated heterocycles. The average molecular weight is 319 g/mol. The number of amides is 1. The number of aromatic nitrogens is 1. The minimum Gasteiger partial charge on any atom is -0.357 e. The maximum absolute atomic E-state index is 11.6. The lowest BCUT2D eigenvalue weighted by molar-refractivity contribution is -0.121. The number of rotatable bonds is 4. The molecule has 1 N–H and O–H groups in total. The van der Waals surface area contributed by atoms with E-state index in [2.05, 4.69) is 15.2 Å². The molecule has 2 rings (SSSR count). The quantitative estimate of drug-likeness (QED) is 0.922. The van der Waals surface area contributed by atoms with Gasteiger partial charge in [0, 0.05) is 24.9 Å². The fraction of sp³-hybridized carbons (Fsp3) is 0.611. The molecule has 5 nitrogen and oxygen atoms in total. The van der Waals surface area contributed by atoms with E-state index in [1.807, 2.05) is 39.8 Å². The Morgan fingerprint density at radius 2 is 1.83 bits per heavy atom. The SMILES string of the molecule is CC.CC(=O)C1CCN(c2ccc(NC(=O)C(C)C)cn2)CC1. The van der Waals surface area contributed by atoms with Crippen LogP contribution >= 0.6 is 0 Å². The summed E-state index contributed by atoms with van der Waals surface area (Å²) in [5.74, 6) is 1.34. The van der Waals surface area contributed by atoms with Gasteiger partial charge in [-0.05, 0) is 31.9 Å². The van der Waals surface area contributed by atoms with Gasteiger partial charge in [-0.2, -0.15) is 0 Å². The molecule has 0 unspecified atom stereocenters. The number of pyridine rings is 1. The van der Waals surface area contributed by atoms with E-state index >= 15 is 0 Å². The minimum atomic E-state index is -0.0460. The summed E-state index contributed by atoms with van der Waals surface area (Å²) < 4.78 is 0. The largest absolute Gasteiger partial charge is 0.357 e. The molecular weight excluding hydrogens is 290 g/mol. The Hall–Kier alpha value is -1.91. The second kappa shape index (κ2) is 9.28. The number of ketones is 1. The zero-order valence-electron chi connectivity index (χ0n) is 14.9. The first kappa shape index (κ1) is 19.1. The molecule has 0 atom stereocenters. The zero-order valence-corrected chi connectivity index (χ0v) is 14.9. The molecule has 1 amide bonds. The van der Waals surface area contributed by atoms with Crippen LogP contribution in [0.3, 0.4) is 0 Å². The molecular formula is C18H29N3O2. The summed E-state index contributed by atoms with van der Waals surface area (Å²) >= 11 is 0. The van der Waals surface area contributed by atoms with Gasteiger partial charge in [-0.15, -0.1) is 0 Å². The number of hydrogen-bond acceptors (Lipinski definition) is 4. The van der Waals surface area contributed by atoms with Crippen molar-refractivity contribution in [3.05, 3.63) is 18.3 Å². The van der Waals surface area contributed by atoms with E-state index < -0.39 is 0 Å². The molecule has 0 bridgehead atoms. The number of nitrogens with zero attached hydrogens (tertiary/aromatic N) is 2. The van der Waals surface area contributed by atoms with Crippen LogP contribution in [0.15, 0.2) is 18.3 Å². The standard InChI is InChI=1S/C16H23N3O2.C2H6/c1-11(2)16(21)18-14-4-5-15(17-10-14)19-8-6-13(7-9-19)12(3)20;1-2/h4-5,10-11,13H,6-9H2,1-3H3,(H,18,21);1-2H3. The number of carbonyl (C=O) groups excluding carboxylic acids is 2. The lowest BCUT2D eigenvalue weighted by Gasteiger charge is -2.31. The first-order valence-corrected chi connectivity index (χ1v) is 8.49. The van der Waals surface area contributed by atoms with E-state index in [1.54, 1.807) is 13.1 Å². The van der Waals surface area contributed by atoms with Gasteiger partial charge >= 0.3 is 0 Å². The van der Waals surface area contributed by atoms with E-state index in [1.165, 1.54) is 0 Å². The van der Waals surface area contributed by atoms with E-state index in [0.29, 0.717) is 0 Å². The highest BCUT2D eigenvalue weighted by atomic mass is 16.1. The van der Waals surface area contributed by atoms with Gasteiger partial charge < -0.3 is 10.2 Å². The van der Waals surface area contributed by atoms with Crippen molar-refractivity contribution in [2.75, 3.05) is 23.3 Å². The molecule has 1 aliphatic rings. The summed E-state index contributed by atoms with van der Waals surface area (Å²) in [4.78, 5) is 29.6. The number of piperidine rings is 1. The average Bonchev–Trinajstić information content (AvgIpc) is 2.57. The van der Waals surface area contributed by atoms with Crippen LogP contribution in [-0.4, -0.2) is 29.8 Å². The predicted molar refractivity (Wildman–Crippen MR) is 94.7 cm³/mol. The third kappa shape index (κ3) is 5.66. The molecule has 0 radical (unpaired) electrons. The van der Waals surface area contributed by atoms with Gasteiger partial charge in [-0.25, -0.2) is 4.98 Å². The molecule has 1 aromatic heterocycles. The monoisotopic (exact) mass is 319 g/mol. The van der Waals surface area contributed by atoms with Crippen molar-refractivity contribution in [2.45, 2.75) is 47.5 Å². The molecule has 23 heavy (non-hydrogen) atoms. The number of nitrogens with one attached hydrogen (secondary N) is 1. The van der Waals surface area contributed by atoms with Gasteiger partial charge in [0.1, 0.15) is 11.6 Å². The van der Waals surface area contributed by atoms with Crippen molar-refractivity contribution >= 4 is 23.2 Å². The Bertz CT molecular complexity index is 504. The van der Waals surface area contributed by atoms with Crippen LogP contribution in [0, 0.1) is 11.8 Å². The summed E-state index contributed by atoms with van der Waals surface area (Å²) in [5.41, 5.74) is 0.719. The van der Waals surface area contributed by atoms with Crippen molar-refractivity contribution in [1.29, 1.82) is 0 Å². The Labute approximate surface area is 139 Å². The third-order valence-electron chi connectivity index (χ3n) is 3.93. The second-order valence-electron chi connectivity index (χ2n) is 5.92. The van der Waals surface area contributed by atoms with Crippen molar-refractivity contribution in [3.63, 3.8) is 0 Å². The van der Waals surface area contributed by atoms with E-state index in [9.17, 15) is 9.59 Å². The van der Waals surface area contributed by atoms with Crippen LogP contribution in [0.25, 0.3) is 0 Å². The van der Waals surface area contributed by atoms with E-state index in [0.717, 1.165) is 37.4 Å². The summed E-state index contributed by atoms with van der Waals surface area (Å²) in [6.07, 6.45) is 3.47. The van der Waals surface area contributed by atoms with Crippen molar-refractivity contribution < 1.29 is 9.59 Å². The van der Waals surface area contributed by atoms with Gasteiger partial charge in [0.25, 0.3) is 0 Å². The molecule has 1 fully saturated rings. The van der Waals surface area contributed by atoms with Crippen LogP contribution in [0.1, 0.15) is 47.5 Å². The first-order chi connectivity index (χ1) is 11.0. The molecule has 0 spiro atoms. The Kier molecular flexibility index (Phi) is 7.72. The zero-order chi connectivity index (χ0) is 17.4. The fourth-order valence-corrected chi connectivity index (χ4v) is 2.45. The number of anilines is 2. The molecule has 128 valence electrons. The molecule has 1 aromatic rings. The van der Waals surface area contributed by atoms with Crippen LogP contribution < -0.4 is 10.2 Å². The summed E-state index contributed by atoms with van der Waals surface area (Å²) in [5, 5.41) is 2.83. The van der Waals surface area contributed by atoms with Crippen LogP contribution in [0.5, 0.6) is 0 Å². The summed E-state index contributed by atoms with van der Waals surface area (Å²) in [6, 6.07) is 3.80. The molecule has 0 saturated carbocycles. The highest BCUT2D eigenvalue weighted by Crippen LogP contribution is 2.23. The maximum atomic E-state index is 11.6. The predicted octanol–water partition coefficient (Wildman–Crippen LogP) is 3.51. The summed E-state index contributed by atoms with van der Waals surface area (Å²) in [6.45, 7) is 11.1. The van der Waals surface area contributed by atoms with Crippen molar-refractivity contribution in [3.8, 4) is 0 Å². The van der Waals surface area contributed by atoms with Gasteiger partial charge in [0.15, 0.2) is 0 Å². The highest BCUT2D eigenvalue weighted by molar-refractivity contribution is 5.91. The topological polar surface area (TPSA) is 62.3 Å². The van der Waals surface area contributed by atoms with Gasteiger partial charge in [0.2, 0.25) is 5.91 Å². The highest BCUT2D eigenvalue weighted by Gasteiger charge is 2.22. The second-order valence-corrected chi connectivity index (χ2v) is 5.92. The normalized spacial score (nSPS) is 15.0. The molecule has 2 heterocycles. The minimum absolute atomic E-state index is 0.00757. The lowest BCUT2D eigenvalue weighted by atomic mass is 9.93. The Balaban J connectivity index is 0.00000127. The number of hydrogen-bond donors (Lipinski definition) is 1. The molecule has 0 aromatic carbocycles.